The molecule has 0 aliphatic carbocycles. The number of nitrogens with zero attached hydrogens (tertiary/aromatic N) is 2. The summed E-state index contributed by atoms with van der Waals surface area (Å²) in [7, 11) is 0. The lowest BCUT2D eigenvalue weighted by molar-refractivity contribution is -0.122. The Kier molecular flexibility index (Phi) is 6.73. The van der Waals surface area contributed by atoms with Crippen LogP contribution in [0, 0.1) is 18.8 Å². The Morgan fingerprint density at radius 3 is 2.32 bits per heavy atom. The zero-order valence-electron chi connectivity index (χ0n) is 15.8. The standard InChI is InChI=1S/C20H29N3O2/c1-13(2)11-18(20-23-22-15(5)25-20)21-19(24)12-17(14(3)4)16-9-7-6-8-10-16/h6-10,13-14,17-18H,11-12H2,1-5H3,(H,21,24). The Morgan fingerprint density at radius 2 is 1.80 bits per heavy atom. The van der Waals surface area contributed by atoms with Crippen LogP contribution in [0.25, 0.3) is 0 Å². The number of carbonyl (C=O) groups excluding carboxylic acids is 1. The number of aryl methyl sites for hydroxylation is 1. The van der Waals surface area contributed by atoms with Crippen molar-refractivity contribution in [1.82, 2.24) is 15.5 Å². The van der Waals surface area contributed by atoms with Gasteiger partial charge in [0, 0.05) is 13.3 Å². The maximum atomic E-state index is 12.7. The van der Waals surface area contributed by atoms with Gasteiger partial charge in [0.1, 0.15) is 6.04 Å². The monoisotopic (exact) mass is 343 g/mol. The second kappa shape index (κ2) is 8.79. The van der Waals surface area contributed by atoms with Crippen LogP contribution in [0.15, 0.2) is 34.7 Å². The first-order valence-electron chi connectivity index (χ1n) is 9.01. The van der Waals surface area contributed by atoms with Crippen LogP contribution >= 0.6 is 0 Å². The number of aromatic nitrogens is 2. The molecule has 0 saturated carbocycles. The summed E-state index contributed by atoms with van der Waals surface area (Å²) in [5, 5.41) is 11.1. The van der Waals surface area contributed by atoms with E-state index in [1.54, 1.807) is 6.92 Å². The molecule has 5 heteroatoms. The number of amides is 1. The van der Waals surface area contributed by atoms with Crippen LogP contribution in [0.4, 0.5) is 0 Å². The van der Waals surface area contributed by atoms with Crippen LogP contribution in [0.5, 0.6) is 0 Å². The number of hydrogen-bond acceptors (Lipinski definition) is 4. The third-order valence-electron chi connectivity index (χ3n) is 4.32. The number of benzene rings is 1. The number of carbonyl (C=O) groups is 1. The predicted octanol–water partition coefficient (Wildman–Crippen LogP) is 4.41. The molecule has 1 amide bonds. The molecule has 1 heterocycles. The van der Waals surface area contributed by atoms with Crippen molar-refractivity contribution in [2.24, 2.45) is 11.8 Å². The molecule has 5 nitrogen and oxygen atoms in total. The van der Waals surface area contributed by atoms with E-state index >= 15 is 0 Å². The topological polar surface area (TPSA) is 68.0 Å². The van der Waals surface area contributed by atoms with Gasteiger partial charge >= 0.3 is 0 Å². The van der Waals surface area contributed by atoms with E-state index in [1.807, 2.05) is 18.2 Å². The predicted molar refractivity (Wildman–Crippen MR) is 98.0 cm³/mol. The molecular formula is C20H29N3O2. The molecule has 0 radical (unpaired) electrons. The Hall–Kier alpha value is -2.17. The van der Waals surface area contributed by atoms with Crippen molar-refractivity contribution in [3.8, 4) is 0 Å². The van der Waals surface area contributed by atoms with E-state index in [1.165, 1.54) is 5.56 Å². The smallest absolute Gasteiger partial charge is 0.238 e. The molecular weight excluding hydrogens is 314 g/mol. The van der Waals surface area contributed by atoms with Crippen LogP contribution in [-0.4, -0.2) is 16.1 Å². The Balaban J connectivity index is 2.09. The van der Waals surface area contributed by atoms with Crippen LogP contribution in [0.2, 0.25) is 0 Å². The SMILES string of the molecule is Cc1nnc(C(CC(C)C)NC(=O)CC(c2ccccc2)C(C)C)o1. The second-order valence-electron chi connectivity index (χ2n) is 7.37. The fourth-order valence-corrected chi connectivity index (χ4v) is 3.04. The molecule has 2 unspecified atom stereocenters. The highest BCUT2D eigenvalue weighted by atomic mass is 16.4. The largest absolute Gasteiger partial charge is 0.423 e. The molecule has 0 spiro atoms. The third kappa shape index (κ3) is 5.69. The molecule has 0 saturated heterocycles. The maximum Gasteiger partial charge on any atom is 0.238 e. The van der Waals surface area contributed by atoms with Crippen molar-refractivity contribution in [3.05, 3.63) is 47.7 Å². The number of rotatable bonds is 8. The molecule has 0 aliphatic heterocycles. The highest BCUT2D eigenvalue weighted by molar-refractivity contribution is 5.77. The molecule has 1 aromatic carbocycles. The lowest BCUT2D eigenvalue weighted by Crippen LogP contribution is -2.31. The lowest BCUT2D eigenvalue weighted by Gasteiger charge is -2.23. The van der Waals surface area contributed by atoms with Crippen molar-refractivity contribution in [2.45, 2.75) is 59.4 Å². The van der Waals surface area contributed by atoms with Gasteiger partial charge in [-0.3, -0.25) is 4.79 Å². The minimum absolute atomic E-state index is 0.0176. The highest BCUT2D eigenvalue weighted by Crippen LogP contribution is 2.28. The van der Waals surface area contributed by atoms with Crippen molar-refractivity contribution >= 4 is 5.91 Å². The Labute approximate surface area is 150 Å². The van der Waals surface area contributed by atoms with Crippen LogP contribution in [0.3, 0.4) is 0 Å². The zero-order valence-corrected chi connectivity index (χ0v) is 15.8. The molecule has 2 rings (SSSR count). The van der Waals surface area contributed by atoms with Crippen molar-refractivity contribution in [1.29, 1.82) is 0 Å². The molecule has 2 aromatic rings. The Morgan fingerprint density at radius 1 is 1.12 bits per heavy atom. The van der Waals surface area contributed by atoms with E-state index < -0.39 is 0 Å². The number of nitrogens with one attached hydrogen (secondary N) is 1. The van der Waals surface area contributed by atoms with Crippen molar-refractivity contribution < 1.29 is 9.21 Å². The molecule has 0 fully saturated rings. The summed E-state index contributed by atoms with van der Waals surface area (Å²) in [5.74, 6) is 1.99. The first kappa shape index (κ1) is 19.2. The molecule has 0 bridgehead atoms. The summed E-state index contributed by atoms with van der Waals surface area (Å²) in [6, 6.07) is 9.97. The molecule has 136 valence electrons. The van der Waals surface area contributed by atoms with Crippen LogP contribution in [-0.2, 0) is 4.79 Å². The van der Waals surface area contributed by atoms with Gasteiger partial charge in [-0.25, -0.2) is 0 Å². The first-order valence-corrected chi connectivity index (χ1v) is 9.01. The average molecular weight is 343 g/mol. The molecule has 1 aromatic heterocycles. The van der Waals surface area contributed by atoms with E-state index in [0.717, 1.165) is 6.42 Å². The summed E-state index contributed by atoms with van der Waals surface area (Å²) in [6.07, 6.45) is 1.22. The van der Waals surface area contributed by atoms with Gasteiger partial charge in [-0.1, -0.05) is 58.0 Å². The quantitative estimate of drug-likeness (QED) is 0.771. The summed E-state index contributed by atoms with van der Waals surface area (Å²) >= 11 is 0. The van der Waals surface area contributed by atoms with Gasteiger partial charge in [0.25, 0.3) is 0 Å². The second-order valence-corrected chi connectivity index (χ2v) is 7.37. The van der Waals surface area contributed by atoms with Gasteiger partial charge in [-0.2, -0.15) is 0 Å². The van der Waals surface area contributed by atoms with E-state index in [-0.39, 0.29) is 17.9 Å². The summed E-state index contributed by atoms with van der Waals surface area (Å²) < 4.78 is 5.55. The van der Waals surface area contributed by atoms with Crippen molar-refractivity contribution in [3.63, 3.8) is 0 Å². The van der Waals surface area contributed by atoms with Crippen molar-refractivity contribution in [2.75, 3.05) is 0 Å². The maximum absolute atomic E-state index is 12.7. The molecule has 25 heavy (non-hydrogen) atoms. The lowest BCUT2D eigenvalue weighted by atomic mass is 9.85. The fourth-order valence-electron chi connectivity index (χ4n) is 3.04. The first-order chi connectivity index (χ1) is 11.9. The minimum atomic E-state index is -0.239. The van der Waals surface area contributed by atoms with Gasteiger partial charge in [-0.15, -0.1) is 10.2 Å². The van der Waals surface area contributed by atoms with E-state index in [4.69, 9.17) is 4.42 Å². The Bertz CT molecular complexity index is 665. The summed E-state index contributed by atoms with van der Waals surface area (Å²) in [6.45, 7) is 10.3. The fraction of sp³-hybridized carbons (Fsp3) is 0.550. The normalized spacial score (nSPS) is 13.9. The highest BCUT2D eigenvalue weighted by Gasteiger charge is 2.25. The van der Waals surface area contributed by atoms with Gasteiger partial charge in [0.15, 0.2) is 0 Å². The molecule has 1 N–H and O–H groups in total. The van der Waals surface area contributed by atoms with Gasteiger partial charge in [-0.05, 0) is 29.7 Å². The van der Waals surface area contributed by atoms with Gasteiger partial charge < -0.3 is 9.73 Å². The third-order valence-corrected chi connectivity index (χ3v) is 4.32. The van der Waals surface area contributed by atoms with E-state index in [0.29, 0.717) is 30.0 Å². The number of hydrogen-bond donors (Lipinski definition) is 1. The summed E-state index contributed by atoms with van der Waals surface area (Å²) in [5.41, 5.74) is 1.20. The molecule has 0 aliphatic rings. The van der Waals surface area contributed by atoms with Crippen LogP contribution in [0.1, 0.15) is 69.8 Å². The zero-order chi connectivity index (χ0) is 18.4. The van der Waals surface area contributed by atoms with E-state index in [2.05, 4.69) is 55.3 Å². The van der Waals surface area contributed by atoms with Crippen LogP contribution < -0.4 is 5.32 Å². The minimum Gasteiger partial charge on any atom is -0.423 e. The van der Waals surface area contributed by atoms with Gasteiger partial charge in [0.05, 0.1) is 0 Å². The average Bonchev–Trinajstić information content (AvgIpc) is 2.98. The summed E-state index contributed by atoms with van der Waals surface area (Å²) in [4.78, 5) is 12.7. The van der Waals surface area contributed by atoms with E-state index in [9.17, 15) is 4.79 Å². The molecule has 2 atom stereocenters. The van der Waals surface area contributed by atoms with Gasteiger partial charge in [0.2, 0.25) is 17.7 Å².